The maximum absolute atomic E-state index is 11.7. The van der Waals surface area contributed by atoms with E-state index < -0.39 is 12.8 Å². The Kier molecular flexibility index (Phi) is 3.61. The summed E-state index contributed by atoms with van der Waals surface area (Å²) in [6, 6.07) is 0. The van der Waals surface area contributed by atoms with Crippen molar-refractivity contribution in [2.45, 2.75) is 19.5 Å². The summed E-state index contributed by atoms with van der Waals surface area (Å²) in [4.78, 5) is 0. The Morgan fingerprint density at radius 1 is 1.56 bits per heavy atom. The summed E-state index contributed by atoms with van der Waals surface area (Å²) in [5.41, 5.74) is 0. The van der Waals surface area contributed by atoms with Crippen LogP contribution in [-0.4, -0.2) is 12.8 Å². The van der Waals surface area contributed by atoms with Crippen LogP contribution < -0.4 is 0 Å². The van der Waals surface area contributed by atoms with Crippen molar-refractivity contribution < 1.29 is 17.9 Å². The van der Waals surface area contributed by atoms with E-state index in [1.807, 2.05) is 0 Å². The van der Waals surface area contributed by atoms with Crippen molar-refractivity contribution in [1.82, 2.24) is 0 Å². The molecule has 0 unspecified atom stereocenters. The molecule has 9 heavy (non-hydrogen) atoms. The maximum atomic E-state index is 11.7. The van der Waals surface area contributed by atoms with Crippen molar-refractivity contribution in [3.05, 3.63) is 6.61 Å². The summed E-state index contributed by atoms with van der Waals surface area (Å²) < 4.78 is 38.3. The molecule has 0 rings (SSSR count). The molecule has 0 amide bonds. The minimum Gasteiger partial charge on any atom is -0.312 e. The van der Waals surface area contributed by atoms with Crippen LogP contribution in [0.1, 0.15) is 13.3 Å². The molecular weight excluding hydrogens is 133 g/mol. The topological polar surface area (TPSA) is 9.23 Å². The van der Waals surface area contributed by atoms with E-state index >= 15 is 0 Å². The predicted octanol–water partition coefficient (Wildman–Crippen LogP) is 2.14. The Labute approximate surface area is 51.8 Å². The van der Waals surface area contributed by atoms with E-state index in [4.69, 9.17) is 0 Å². The van der Waals surface area contributed by atoms with E-state index in [-0.39, 0.29) is 0 Å². The molecule has 0 aliphatic carbocycles. The highest BCUT2D eigenvalue weighted by Crippen LogP contribution is 2.16. The molecule has 0 aliphatic heterocycles. The summed E-state index contributed by atoms with van der Waals surface area (Å²) in [7, 11) is 0. The van der Waals surface area contributed by atoms with E-state index in [1.54, 1.807) is 6.92 Å². The normalized spacial score (nSPS) is 12.0. The smallest absolute Gasteiger partial charge is 0.312 e. The van der Waals surface area contributed by atoms with Gasteiger partial charge in [0.1, 0.15) is 0 Å². The van der Waals surface area contributed by atoms with E-state index in [2.05, 4.69) is 4.74 Å². The van der Waals surface area contributed by atoms with Gasteiger partial charge < -0.3 is 4.74 Å². The Morgan fingerprint density at radius 3 is 2.44 bits per heavy atom. The number of hydrogen-bond donors (Lipinski definition) is 0. The van der Waals surface area contributed by atoms with Gasteiger partial charge >= 0.3 is 6.11 Å². The van der Waals surface area contributed by atoms with Crippen molar-refractivity contribution in [2.75, 3.05) is 6.67 Å². The van der Waals surface area contributed by atoms with Gasteiger partial charge in [0, 0.05) is 0 Å². The maximum Gasteiger partial charge on any atom is 0.384 e. The third-order valence-corrected chi connectivity index (χ3v) is 0.578. The highest BCUT2D eigenvalue weighted by molar-refractivity contribution is 4.53. The number of halogens is 3. The molecule has 1 radical (unpaired) electrons. The summed E-state index contributed by atoms with van der Waals surface area (Å²) in [5.74, 6) is 0. The van der Waals surface area contributed by atoms with Gasteiger partial charge in [0.25, 0.3) is 0 Å². The van der Waals surface area contributed by atoms with Crippen molar-refractivity contribution in [3.8, 4) is 0 Å². The molecule has 0 aromatic heterocycles. The van der Waals surface area contributed by atoms with Crippen LogP contribution in [0.25, 0.3) is 0 Å². The zero-order valence-corrected chi connectivity index (χ0v) is 5.03. The van der Waals surface area contributed by atoms with Gasteiger partial charge in [-0.3, -0.25) is 0 Å². The highest BCUT2D eigenvalue weighted by atomic mass is 19.3. The minimum absolute atomic E-state index is 0.343. The van der Waals surface area contributed by atoms with Crippen molar-refractivity contribution in [3.63, 3.8) is 0 Å². The monoisotopic (exact) mass is 141 g/mol. The summed E-state index contributed by atoms with van der Waals surface area (Å²) in [6.45, 7) is 0.720. The quantitative estimate of drug-likeness (QED) is 0.582. The van der Waals surface area contributed by atoms with E-state index in [1.165, 1.54) is 0 Å². The second-order valence-electron chi connectivity index (χ2n) is 1.46. The molecule has 0 saturated heterocycles. The van der Waals surface area contributed by atoms with Crippen molar-refractivity contribution >= 4 is 0 Å². The van der Waals surface area contributed by atoms with Gasteiger partial charge in [-0.2, -0.15) is 8.78 Å². The van der Waals surface area contributed by atoms with E-state index in [9.17, 15) is 13.2 Å². The number of ether oxygens (including phenoxy) is 1. The standard InChI is InChI=1S/C5H8F3O/c1-2-3-9-5(7,8)4-6/h3H,2,4H2,1H3. The number of rotatable bonds is 4. The van der Waals surface area contributed by atoms with Gasteiger partial charge in [-0.1, -0.05) is 6.92 Å². The van der Waals surface area contributed by atoms with Gasteiger partial charge in [0.15, 0.2) is 6.67 Å². The zero-order chi connectivity index (χ0) is 7.33. The second kappa shape index (κ2) is 3.71. The molecule has 55 valence electrons. The van der Waals surface area contributed by atoms with Gasteiger partial charge in [0.2, 0.25) is 0 Å². The Morgan fingerprint density at radius 2 is 2.11 bits per heavy atom. The molecule has 1 nitrogen and oxygen atoms in total. The average Bonchev–Trinajstić information content (AvgIpc) is 1.84. The lowest BCUT2D eigenvalue weighted by Crippen LogP contribution is -2.21. The first-order valence-corrected chi connectivity index (χ1v) is 2.55. The average molecular weight is 141 g/mol. The van der Waals surface area contributed by atoms with Crippen LogP contribution in [0.4, 0.5) is 13.2 Å². The largest absolute Gasteiger partial charge is 0.384 e. The minimum atomic E-state index is -3.63. The van der Waals surface area contributed by atoms with Crippen LogP contribution in [0.3, 0.4) is 0 Å². The van der Waals surface area contributed by atoms with Crippen LogP contribution in [0.5, 0.6) is 0 Å². The Bertz CT molecular complexity index is 74.6. The van der Waals surface area contributed by atoms with Crippen LogP contribution >= 0.6 is 0 Å². The van der Waals surface area contributed by atoms with Crippen molar-refractivity contribution in [2.24, 2.45) is 0 Å². The van der Waals surface area contributed by atoms with Crippen molar-refractivity contribution in [1.29, 1.82) is 0 Å². The molecule has 0 aromatic rings. The first kappa shape index (κ1) is 8.75. The van der Waals surface area contributed by atoms with Gasteiger partial charge in [0.05, 0.1) is 6.61 Å². The fraction of sp³-hybridized carbons (Fsp3) is 0.800. The second-order valence-corrected chi connectivity index (χ2v) is 1.46. The summed E-state index contributed by atoms with van der Waals surface area (Å²) >= 11 is 0. The molecule has 0 heterocycles. The lowest BCUT2D eigenvalue weighted by molar-refractivity contribution is -0.227. The van der Waals surface area contributed by atoms with Gasteiger partial charge in [-0.25, -0.2) is 4.39 Å². The Balaban J connectivity index is 3.33. The summed E-state index contributed by atoms with van der Waals surface area (Å²) in [5, 5.41) is 0. The summed E-state index contributed by atoms with van der Waals surface area (Å²) in [6.07, 6.45) is -3.29. The molecular formula is C5H8F3O. The van der Waals surface area contributed by atoms with Gasteiger partial charge in [-0.05, 0) is 6.42 Å². The first-order chi connectivity index (χ1) is 4.12. The number of hydrogen-bond acceptors (Lipinski definition) is 1. The molecule has 0 N–H and O–H groups in total. The van der Waals surface area contributed by atoms with Crippen LogP contribution in [0, 0.1) is 6.61 Å². The molecule has 4 heteroatoms. The lowest BCUT2D eigenvalue weighted by Gasteiger charge is -2.10. The molecule has 0 aromatic carbocycles. The molecule has 0 spiro atoms. The predicted molar refractivity (Wildman–Crippen MR) is 26.6 cm³/mol. The zero-order valence-electron chi connectivity index (χ0n) is 5.03. The first-order valence-electron chi connectivity index (χ1n) is 2.55. The van der Waals surface area contributed by atoms with Crippen LogP contribution in [0.2, 0.25) is 0 Å². The molecule has 0 fully saturated rings. The molecule has 0 aliphatic rings. The van der Waals surface area contributed by atoms with Crippen LogP contribution in [-0.2, 0) is 4.74 Å². The third-order valence-electron chi connectivity index (χ3n) is 0.578. The highest BCUT2D eigenvalue weighted by Gasteiger charge is 2.29. The molecule has 0 atom stereocenters. The van der Waals surface area contributed by atoms with E-state index in [0.717, 1.165) is 6.61 Å². The van der Waals surface area contributed by atoms with Crippen LogP contribution in [0.15, 0.2) is 0 Å². The third kappa shape index (κ3) is 4.27. The number of alkyl halides is 3. The SMILES string of the molecule is CC[CH]OC(F)(F)CF. The molecule has 0 bridgehead atoms. The molecule has 0 saturated carbocycles. The lowest BCUT2D eigenvalue weighted by atomic mass is 10.5. The van der Waals surface area contributed by atoms with E-state index in [0.29, 0.717) is 6.42 Å². The van der Waals surface area contributed by atoms with Gasteiger partial charge in [-0.15, -0.1) is 0 Å². The fourth-order valence-electron chi connectivity index (χ4n) is 0.237. The fourth-order valence-corrected chi connectivity index (χ4v) is 0.237. The Hall–Kier alpha value is -0.250.